The van der Waals surface area contributed by atoms with Gasteiger partial charge in [0.05, 0.1) is 14.7 Å². The number of rotatable bonds is 6. The highest BCUT2D eigenvalue weighted by Crippen LogP contribution is 2.28. The SMILES string of the molecule is Cc1sc(C(=O)Nc2ccc(NC(=O)[C@@H](C)n3cncn3)cc2)cc1[N+](=O)[O-]. The Morgan fingerprint density at radius 2 is 1.86 bits per heavy atom. The Hall–Kier alpha value is -3.60. The van der Waals surface area contributed by atoms with Crippen LogP contribution < -0.4 is 10.6 Å². The number of hydrogen-bond donors (Lipinski definition) is 2. The van der Waals surface area contributed by atoms with E-state index in [-0.39, 0.29) is 16.5 Å². The Balaban J connectivity index is 1.62. The summed E-state index contributed by atoms with van der Waals surface area (Å²) >= 11 is 1.06. The summed E-state index contributed by atoms with van der Waals surface area (Å²) in [5.41, 5.74) is 0.980. The first-order valence-corrected chi connectivity index (χ1v) is 8.98. The predicted octanol–water partition coefficient (Wildman–Crippen LogP) is 3.01. The fourth-order valence-corrected chi connectivity index (χ4v) is 3.26. The number of aryl methyl sites for hydroxylation is 1. The fourth-order valence-electron chi connectivity index (χ4n) is 2.38. The molecule has 144 valence electrons. The van der Waals surface area contributed by atoms with E-state index in [9.17, 15) is 19.7 Å². The summed E-state index contributed by atoms with van der Waals surface area (Å²) in [6.07, 6.45) is 2.81. The minimum atomic E-state index is -0.528. The molecule has 10 nitrogen and oxygen atoms in total. The predicted molar refractivity (Wildman–Crippen MR) is 103 cm³/mol. The molecule has 0 radical (unpaired) electrons. The maximum Gasteiger partial charge on any atom is 0.283 e. The van der Waals surface area contributed by atoms with Gasteiger partial charge in [0.15, 0.2) is 0 Å². The van der Waals surface area contributed by atoms with E-state index in [1.54, 1.807) is 38.1 Å². The quantitative estimate of drug-likeness (QED) is 0.483. The van der Waals surface area contributed by atoms with Crippen LogP contribution >= 0.6 is 11.3 Å². The van der Waals surface area contributed by atoms with Gasteiger partial charge >= 0.3 is 0 Å². The molecule has 1 aromatic carbocycles. The molecule has 0 unspecified atom stereocenters. The zero-order valence-corrected chi connectivity index (χ0v) is 15.8. The van der Waals surface area contributed by atoms with Crippen LogP contribution in [0.5, 0.6) is 0 Å². The van der Waals surface area contributed by atoms with Crippen molar-refractivity contribution in [1.29, 1.82) is 0 Å². The number of amides is 2. The molecule has 3 rings (SSSR count). The highest BCUT2D eigenvalue weighted by Gasteiger charge is 2.20. The van der Waals surface area contributed by atoms with Gasteiger partial charge < -0.3 is 10.6 Å². The summed E-state index contributed by atoms with van der Waals surface area (Å²) in [5, 5.41) is 20.3. The number of benzene rings is 1. The van der Waals surface area contributed by atoms with Crippen molar-refractivity contribution in [2.24, 2.45) is 0 Å². The van der Waals surface area contributed by atoms with E-state index in [2.05, 4.69) is 20.7 Å². The third-order valence-electron chi connectivity index (χ3n) is 3.94. The van der Waals surface area contributed by atoms with Crippen LogP contribution in [0, 0.1) is 17.0 Å². The van der Waals surface area contributed by atoms with Crippen LogP contribution in [0.1, 0.15) is 27.5 Å². The van der Waals surface area contributed by atoms with Crippen molar-refractivity contribution in [3.8, 4) is 0 Å². The van der Waals surface area contributed by atoms with E-state index < -0.39 is 16.9 Å². The molecule has 2 heterocycles. The molecule has 28 heavy (non-hydrogen) atoms. The molecule has 0 spiro atoms. The van der Waals surface area contributed by atoms with E-state index >= 15 is 0 Å². The first-order valence-electron chi connectivity index (χ1n) is 8.16. The molecule has 3 aromatic rings. The lowest BCUT2D eigenvalue weighted by Crippen LogP contribution is -2.24. The highest BCUT2D eigenvalue weighted by molar-refractivity contribution is 7.14. The van der Waals surface area contributed by atoms with Gasteiger partial charge in [0.1, 0.15) is 18.7 Å². The number of thiophene rings is 1. The van der Waals surface area contributed by atoms with Gasteiger partial charge in [-0.1, -0.05) is 0 Å². The Morgan fingerprint density at radius 3 is 2.39 bits per heavy atom. The standard InChI is InChI=1S/C17H16N6O4S/c1-10(22-9-18-8-19-22)16(24)20-12-3-5-13(6-4-12)21-17(25)15-7-14(23(26)27)11(2)28-15/h3-10H,1-2H3,(H,20,24)(H,21,25)/t10-/m1/s1. The lowest BCUT2D eigenvalue weighted by Gasteiger charge is -2.12. The van der Waals surface area contributed by atoms with E-state index in [0.29, 0.717) is 16.3 Å². The van der Waals surface area contributed by atoms with Crippen molar-refractivity contribution in [2.75, 3.05) is 10.6 Å². The zero-order valence-electron chi connectivity index (χ0n) is 14.9. The number of nitrogens with zero attached hydrogens (tertiary/aromatic N) is 4. The topological polar surface area (TPSA) is 132 Å². The second-order valence-electron chi connectivity index (χ2n) is 5.88. The molecule has 2 aromatic heterocycles. The van der Waals surface area contributed by atoms with Gasteiger partial charge in [-0.3, -0.25) is 19.7 Å². The van der Waals surface area contributed by atoms with Crippen LogP contribution in [0.2, 0.25) is 0 Å². The van der Waals surface area contributed by atoms with Gasteiger partial charge in [-0.15, -0.1) is 11.3 Å². The Kier molecular flexibility index (Phi) is 5.45. The van der Waals surface area contributed by atoms with Crippen molar-refractivity contribution < 1.29 is 14.5 Å². The van der Waals surface area contributed by atoms with Crippen LogP contribution in [-0.2, 0) is 4.79 Å². The van der Waals surface area contributed by atoms with E-state index in [4.69, 9.17) is 0 Å². The lowest BCUT2D eigenvalue weighted by molar-refractivity contribution is -0.385. The smallest absolute Gasteiger partial charge is 0.283 e. The number of anilines is 2. The largest absolute Gasteiger partial charge is 0.324 e. The number of carbonyl (C=O) groups is 2. The second-order valence-corrected chi connectivity index (χ2v) is 7.14. The van der Waals surface area contributed by atoms with Crippen molar-refractivity contribution in [2.45, 2.75) is 19.9 Å². The van der Waals surface area contributed by atoms with Crippen LogP contribution in [0.4, 0.5) is 17.1 Å². The minimum absolute atomic E-state index is 0.0743. The molecule has 0 fully saturated rings. The van der Waals surface area contributed by atoms with Crippen LogP contribution in [0.15, 0.2) is 43.0 Å². The van der Waals surface area contributed by atoms with Gasteiger partial charge in [-0.05, 0) is 38.1 Å². The monoisotopic (exact) mass is 400 g/mol. The summed E-state index contributed by atoms with van der Waals surface area (Å²) in [4.78, 5) is 39.4. The minimum Gasteiger partial charge on any atom is -0.324 e. The molecule has 2 amide bonds. The molecule has 0 aliphatic heterocycles. The summed E-state index contributed by atoms with van der Waals surface area (Å²) in [7, 11) is 0. The first kappa shape index (κ1) is 19.2. The third-order valence-corrected chi connectivity index (χ3v) is 4.97. The van der Waals surface area contributed by atoms with Gasteiger partial charge in [0.25, 0.3) is 11.6 Å². The number of hydrogen-bond acceptors (Lipinski definition) is 7. The number of nitro groups is 1. The molecule has 0 saturated carbocycles. The van der Waals surface area contributed by atoms with E-state index in [1.807, 2.05) is 0 Å². The molecular formula is C17H16N6O4S. The normalized spacial score (nSPS) is 11.6. The summed E-state index contributed by atoms with van der Waals surface area (Å²) < 4.78 is 1.44. The van der Waals surface area contributed by atoms with Crippen molar-refractivity contribution in [3.63, 3.8) is 0 Å². The van der Waals surface area contributed by atoms with E-state index in [1.165, 1.54) is 23.4 Å². The Labute approximate surface area is 163 Å². The molecule has 1 atom stereocenters. The van der Waals surface area contributed by atoms with Crippen LogP contribution in [0.3, 0.4) is 0 Å². The van der Waals surface area contributed by atoms with Crippen molar-refractivity contribution in [3.05, 3.63) is 62.9 Å². The molecule has 0 aliphatic carbocycles. The number of carbonyl (C=O) groups excluding carboxylic acids is 2. The second kappa shape index (κ2) is 7.96. The fraction of sp³-hybridized carbons (Fsp3) is 0.176. The Bertz CT molecular complexity index is 1010. The maximum absolute atomic E-state index is 12.3. The third kappa shape index (κ3) is 4.20. The lowest BCUT2D eigenvalue weighted by atomic mass is 10.2. The molecule has 0 saturated heterocycles. The average molecular weight is 400 g/mol. The number of nitrogens with one attached hydrogen (secondary N) is 2. The van der Waals surface area contributed by atoms with E-state index in [0.717, 1.165) is 11.3 Å². The molecule has 2 N–H and O–H groups in total. The highest BCUT2D eigenvalue weighted by atomic mass is 32.1. The summed E-state index contributed by atoms with van der Waals surface area (Å²) in [6.45, 7) is 3.29. The summed E-state index contributed by atoms with van der Waals surface area (Å²) in [6, 6.07) is 7.27. The first-order chi connectivity index (χ1) is 13.3. The summed E-state index contributed by atoms with van der Waals surface area (Å²) in [5.74, 6) is -0.693. The van der Waals surface area contributed by atoms with Crippen LogP contribution in [0.25, 0.3) is 0 Å². The van der Waals surface area contributed by atoms with Gasteiger partial charge in [0, 0.05) is 17.4 Å². The van der Waals surface area contributed by atoms with Gasteiger partial charge in [-0.25, -0.2) is 9.67 Å². The van der Waals surface area contributed by atoms with Crippen LogP contribution in [-0.4, -0.2) is 31.5 Å². The molecule has 11 heteroatoms. The zero-order chi connectivity index (χ0) is 20.3. The molecule has 0 bridgehead atoms. The van der Waals surface area contributed by atoms with Gasteiger partial charge in [-0.2, -0.15) is 5.10 Å². The number of aromatic nitrogens is 3. The Morgan fingerprint density at radius 1 is 1.21 bits per heavy atom. The van der Waals surface area contributed by atoms with Crippen molar-refractivity contribution >= 4 is 40.2 Å². The molecule has 0 aliphatic rings. The van der Waals surface area contributed by atoms with Crippen molar-refractivity contribution in [1.82, 2.24) is 14.8 Å². The van der Waals surface area contributed by atoms with Gasteiger partial charge in [0.2, 0.25) is 5.91 Å². The molecular weight excluding hydrogens is 384 g/mol. The average Bonchev–Trinajstić information content (AvgIpc) is 3.32. The maximum atomic E-state index is 12.3.